The molecule has 1 aromatic carbocycles. The van der Waals surface area contributed by atoms with Crippen LogP contribution < -0.4 is 5.73 Å². The second kappa shape index (κ2) is 6.39. The minimum Gasteiger partial charge on any atom is -0.370 e. The highest BCUT2D eigenvalue weighted by Crippen LogP contribution is 2.21. The van der Waals surface area contributed by atoms with Gasteiger partial charge in [0.1, 0.15) is 0 Å². The Morgan fingerprint density at radius 2 is 1.67 bits per heavy atom. The van der Waals surface area contributed by atoms with Crippen LogP contribution in [0.5, 0.6) is 0 Å². The van der Waals surface area contributed by atoms with Gasteiger partial charge in [0.05, 0.1) is 17.7 Å². The molecule has 0 saturated carbocycles. The number of fused-ring (bicyclic) bond motifs is 1. The molecule has 2 rings (SSSR count). The Morgan fingerprint density at radius 3 is 2.14 bits per heavy atom. The third-order valence-corrected chi connectivity index (χ3v) is 3.56. The van der Waals surface area contributed by atoms with Crippen LogP contribution in [0.2, 0.25) is 0 Å². The lowest BCUT2D eigenvalue weighted by Crippen LogP contribution is -2.38. The average Bonchev–Trinajstić information content (AvgIpc) is 2.74. The monoisotopic (exact) mass is 288 g/mol. The van der Waals surface area contributed by atoms with Gasteiger partial charge in [-0.3, -0.25) is 19.5 Å². The summed E-state index contributed by atoms with van der Waals surface area (Å²) in [6.07, 6.45) is 0. The second-order valence-electron chi connectivity index (χ2n) is 4.72. The predicted molar refractivity (Wildman–Crippen MR) is 81.2 cm³/mol. The van der Waals surface area contributed by atoms with Crippen LogP contribution in [0.3, 0.4) is 0 Å². The van der Waals surface area contributed by atoms with Crippen molar-refractivity contribution < 1.29 is 9.59 Å². The Hall–Kier alpha value is -2.37. The molecule has 1 aliphatic heterocycles. The number of nitrogens with two attached hydrogens (primary N) is 1. The largest absolute Gasteiger partial charge is 0.370 e. The number of hydrogen-bond acceptors (Lipinski definition) is 3. The number of rotatable bonds is 5. The third-order valence-electron chi connectivity index (χ3n) is 3.56. The van der Waals surface area contributed by atoms with Crippen molar-refractivity contribution in [3.8, 4) is 0 Å². The zero-order chi connectivity index (χ0) is 15.4. The van der Waals surface area contributed by atoms with E-state index in [-0.39, 0.29) is 18.4 Å². The molecule has 0 unspecified atom stereocenters. The van der Waals surface area contributed by atoms with Gasteiger partial charge in [-0.15, -0.1) is 0 Å². The minimum atomic E-state index is -0.257. The van der Waals surface area contributed by atoms with Gasteiger partial charge in [0.15, 0.2) is 5.96 Å². The maximum absolute atomic E-state index is 12.1. The van der Waals surface area contributed by atoms with Crippen molar-refractivity contribution in [3.63, 3.8) is 0 Å². The number of amides is 2. The van der Waals surface area contributed by atoms with Gasteiger partial charge in [0, 0.05) is 19.6 Å². The number of aliphatic imine (C=N–C) groups is 1. The maximum Gasteiger partial charge on any atom is 0.261 e. The minimum absolute atomic E-state index is 0.244. The van der Waals surface area contributed by atoms with Crippen LogP contribution in [0, 0.1) is 0 Å². The lowest BCUT2D eigenvalue weighted by molar-refractivity contribution is 0.0659. The first-order valence-electron chi connectivity index (χ1n) is 7.10. The molecule has 1 aliphatic rings. The van der Waals surface area contributed by atoms with E-state index in [1.165, 1.54) is 4.90 Å². The molecule has 0 fully saturated rings. The second-order valence-corrected chi connectivity index (χ2v) is 4.72. The molecule has 0 aromatic heterocycles. The van der Waals surface area contributed by atoms with Crippen molar-refractivity contribution in [1.29, 1.82) is 0 Å². The van der Waals surface area contributed by atoms with E-state index in [1.54, 1.807) is 24.3 Å². The maximum atomic E-state index is 12.1. The first kappa shape index (κ1) is 15.0. The van der Waals surface area contributed by atoms with Gasteiger partial charge < -0.3 is 10.6 Å². The number of benzene rings is 1. The first-order valence-corrected chi connectivity index (χ1v) is 7.10. The summed E-state index contributed by atoms with van der Waals surface area (Å²) in [5.74, 6) is -0.0731. The highest BCUT2D eigenvalue weighted by Gasteiger charge is 2.34. The van der Waals surface area contributed by atoms with Gasteiger partial charge in [-0.25, -0.2) is 0 Å². The molecule has 21 heavy (non-hydrogen) atoms. The molecule has 1 aromatic rings. The van der Waals surface area contributed by atoms with Crippen molar-refractivity contribution in [2.45, 2.75) is 13.8 Å². The lowest BCUT2D eigenvalue weighted by atomic mass is 10.1. The zero-order valence-corrected chi connectivity index (χ0v) is 12.4. The molecule has 0 atom stereocenters. The van der Waals surface area contributed by atoms with Gasteiger partial charge in [-0.1, -0.05) is 12.1 Å². The summed E-state index contributed by atoms with van der Waals surface area (Å²) in [5.41, 5.74) is 6.79. The Morgan fingerprint density at radius 1 is 1.14 bits per heavy atom. The molecule has 6 heteroatoms. The first-order chi connectivity index (χ1) is 10.1. The molecule has 2 N–H and O–H groups in total. The van der Waals surface area contributed by atoms with Gasteiger partial charge in [-0.2, -0.15) is 0 Å². The fraction of sp³-hybridized carbons (Fsp3) is 0.400. The molecule has 112 valence electrons. The molecule has 6 nitrogen and oxygen atoms in total. The van der Waals surface area contributed by atoms with Crippen LogP contribution in [0.1, 0.15) is 34.6 Å². The summed E-state index contributed by atoms with van der Waals surface area (Å²) in [7, 11) is 0. The molecule has 0 spiro atoms. The standard InChI is InChI=1S/C15H20N4O2/c1-3-18(4-2)15(16)17-9-10-19-13(20)11-7-5-6-8-12(11)14(19)21/h5-8H,3-4,9-10H2,1-2H3,(H2,16,17). The van der Waals surface area contributed by atoms with Crippen LogP contribution >= 0.6 is 0 Å². The van der Waals surface area contributed by atoms with E-state index in [1.807, 2.05) is 18.7 Å². The molecule has 0 aliphatic carbocycles. The molecular formula is C15H20N4O2. The number of carbonyl (C=O) groups excluding carboxylic acids is 2. The van der Waals surface area contributed by atoms with Gasteiger partial charge in [-0.05, 0) is 26.0 Å². The summed E-state index contributed by atoms with van der Waals surface area (Å²) in [6, 6.07) is 6.85. The smallest absolute Gasteiger partial charge is 0.261 e. The van der Waals surface area contributed by atoms with E-state index in [9.17, 15) is 9.59 Å². The van der Waals surface area contributed by atoms with Crippen LogP contribution in [0.25, 0.3) is 0 Å². The molecular weight excluding hydrogens is 268 g/mol. The Balaban J connectivity index is 2.01. The van der Waals surface area contributed by atoms with Crippen molar-refractivity contribution in [2.24, 2.45) is 10.7 Å². The van der Waals surface area contributed by atoms with E-state index in [4.69, 9.17) is 5.73 Å². The number of imide groups is 1. The van der Waals surface area contributed by atoms with Gasteiger partial charge in [0.2, 0.25) is 0 Å². The normalized spacial score (nSPS) is 14.6. The molecule has 0 bridgehead atoms. The molecule has 2 amide bonds. The number of carbonyl (C=O) groups is 2. The highest BCUT2D eigenvalue weighted by atomic mass is 16.2. The molecule has 0 saturated heterocycles. The Labute approximate surface area is 124 Å². The van der Waals surface area contributed by atoms with E-state index in [0.717, 1.165) is 13.1 Å². The summed E-state index contributed by atoms with van der Waals surface area (Å²) < 4.78 is 0. The van der Waals surface area contributed by atoms with Crippen LogP contribution in [-0.4, -0.2) is 53.8 Å². The summed E-state index contributed by atoms with van der Waals surface area (Å²) in [5, 5.41) is 0. The highest BCUT2D eigenvalue weighted by molar-refractivity contribution is 6.21. The van der Waals surface area contributed by atoms with E-state index < -0.39 is 0 Å². The third kappa shape index (κ3) is 2.89. The fourth-order valence-electron chi connectivity index (χ4n) is 2.35. The van der Waals surface area contributed by atoms with Crippen molar-refractivity contribution in [3.05, 3.63) is 35.4 Å². The van der Waals surface area contributed by atoms with Gasteiger partial charge >= 0.3 is 0 Å². The quantitative estimate of drug-likeness (QED) is 0.497. The Kier molecular flexibility index (Phi) is 4.57. The fourth-order valence-corrected chi connectivity index (χ4v) is 2.35. The van der Waals surface area contributed by atoms with E-state index in [2.05, 4.69) is 4.99 Å². The number of hydrogen-bond donors (Lipinski definition) is 1. The van der Waals surface area contributed by atoms with Crippen LogP contribution in [0.4, 0.5) is 0 Å². The average molecular weight is 288 g/mol. The topological polar surface area (TPSA) is 79.0 Å². The van der Waals surface area contributed by atoms with E-state index in [0.29, 0.717) is 23.6 Å². The zero-order valence-electron chi connectivity index (χ0n) is 12.4. The predicted octanol–water partition coefficient (Wildman–Crippen LogP) is 0.939. The summed E-state index contributed by atoms with van der Waals surface area (Å²) >= 11 is 0. The Bertz CT molecular complexity index is 544. The van der Waals surface area contributed by atoms with E-state index >= 15 is 0 Å². The SMILES string of the molecule is CCN(CC)C(N)=NCCN1C(=O)c2ccccc2C1=O. The van der Waals surface area contributed by atoms with Crippen LogP contribution in [0.15, 0.2) is 29.3 Å². The number of nitrogens with zero attached hydrogens (tertiary/aromatic N) is 3. The van der Waals surface area contributed by atoms with Crippen LogP contribution in [-0.2, 0) is 0 Å². The van der Waals surface area contributed by atoms with Crippen molar-refractivity contribution in [1.82, 2.24) is 9.80 Å². The van der Waals surface area contributed by atoms with Crippen molar-refractivity contribution >= 4 is 17.8 Å². The van der Waals surface area contributed by atoms with Crippen molar-refractivity contribution in [2.75, 3.05) is 26.2 Å². The summed E-state index contributed by atoms with van der Waals surface area (Å²) in [6.45, 7) is 6.10. The number of guanidine groups is 1. The summed E-state index contributed by atoms with van der Waals surface area (Å²) in [4.78, 5) is 31.7. The molecule has 1 heterocycles. The molecule has 0 radical (unpaired) electrons. The van der Waals surface area contributed by atoms with Gasteiger partial charge in [0.25, 0.3) is 11.8 Å². The lowest BCUT2D eigenvalue weighted by Gasteiger charge is -2.19.